The van der Waals surface area contributed by atoms with E-state index in [0.29, 0.717) is 0 Å². The van der Waals surface area contributed by atoms with Gasteiger partial charge in [-0.05, 0) is 24.3 Å². The summed E-state index contributed by atoms with van der Waals surface area (Å²) < 4.78 is 25.2. The fraction of sp³-hybridized carbons (Fsp3) is 0. The van der Waals surface area contributed by atoms with E-state index in [9.17, 15) is 8.78 Å². The number of halogens is 2. The average Bonchev–Trinajstić information content (AvgIpc) is 2.25. The van der Waals surface area contributed by atoms with E-state index in [4.69, 9.17) is 0 Å². The highest BCUT2D eigenvalue weighted by Crippen LogP contribution is 1.94. The smallest absolute Gasteiger partial charge is 0.191 e. The molecule has 2 aromatic carbocycles. The fourth-order valence-corrected chi connectivity index (χ4v) is 1.31. The van der Waals surface area contributed by atoms with Crippen molar-refractivity contribution in [1.29, 1.82) is 0 Å². The first-order valence-corrected chi connectivity index (χ1v) is 4.60. The second kappa shape index (κ2) is 4.26. The van der Waals surface area contributed by atoms with Crippen molar-refractivity contribution in [3.8, 4) is 0 Å². The molecular formula is C12H8BF2. The van der Waals surface area contributed by atoms with Crippen molar-refractivity contribution in [3.63, 3.8) is 0 Å². The molecule has 0 saturated heterocycles. The van der Waals surface area contributed by atoms with Crippen molar-refractivity contribution >= 4 is 18.2 Å². The number of hydrogen-bond acceptors (Lipinski definition) is 0. The van der Waals surface area contributed by atoms with Crippen molar-refractivity contribution in [2.75, 3.05) is 0 Å². The molecule has 0 aromatic heterocycles. The first-order valence-electron chi connectivity index (χ1n) is 4.60. The van der Waals surface area contributed by atoms with Crippen molar-refractivity contribution in [1.82, 2.24) is 0 Å². The molecule has 1 radical (unpaired) electrons. The Hall–Kier alpha value is -1.64. The summed E-state index contributed by atoms with van der Waals surface area (Å²) in [5, 5.41) is 0. The van der Waals surface area contributed by atoms with Gasteiger partial charge in [-0.1, -0.05) is 35.2 Å². The lowest BCUT2D eigenvalue weighted by molar-refractivity contribution is 0.628. The normalized spacial score (nSPS) is 10.0. The van der Waals surface area contributed by atoms with Crippen LogP contribution >= 0.6 is 0 Å². The van der Waals surface area contributed by atoms with Crippen LogP contribution in [-0.4, -0.2) is 7.28 Å². The summed E-state index contributed by atoms with van der Waals surface area (Å²) in [5.41, 5.74) is 1.78. The van der Waals surface area contributed by atoms with Crippen LogP contribution < -0.4 is 10.9 Å². The molecule has 3 heteroatoms. The Kier molecular flexibility index (Phi) is 2.81. The van der Waals surface area contributed by atoms with E-state index in [1.54, 1.807) is 24.3 Å². The Balaban J connectivity index is 2.15. The van der Waals surface area contributed by atoms with Crippen LogP contribution in [0.1, 0.15) is 0 Å². The third-order valence-electron chi connectivity index (χ3n) is 2.07. The molecule has 0 aliphatic rings. The maximum atomic E-state index is 12.6. The Morgan fingerprint density at radius 2 is 0.933 bits per heavy atom. The molecule has 0 spiro atoms. The van der Waals surface area contributed by atoms with E-state index in [1.807, 2.05) is 7.28 Å². The highest BCUT2D eigenvalue weighted by atomic mass is 19.1. The van der Waals surface area contributed by atoms with Gasteiger partial charge in [-0.25, -0.2) is 8.78 Å². The summed E-state index contributed by atoms with van der Waals surface area (Å²) in [7, 11) is 1.86. The minimum Gasteiger partial charge on any atom is -0.207 e. The molecule has 0 amide bonds. The van der Waals surface area contributed by atoms with Gasteiger partial charge in [0.2, 0.25) is 0 Å². The summed E-state index contributed by atoms with van der Waals surface area (Å²) in [4.78, 5) is 0. The Morgan fingerprint density at radius 1 is 0.600 bits per heavy atom. The number of benzene rings is 2. The van der Waals surface area contributed by atoms with Crippen molar-refractivity contribution in [2.45, 2.75) is 0 Å². The lowest BCUT2D eigenvalue weighted by Gasteiger charge is -1.99. The molecule has 0 fully saturated rings. The van der Waals surface area contributed by atoms with Gasteiger partial charge in [-0.2, -0.15) is 0 Å². The van der Waals surface area contributed by atoms with Gasteiger partial charge >= 0.3 is 0 Å². The molecule has 0 aliphatic heterocycles. The molecule has 0 N–H and O–H groups in total. The van der Waals surface area contributed by atoms with Gasteiger partial charge in [0, 0.05) is 0 Å². The average molecular weight is 201 g/mol. The monoisotopic (exact) mass is 201 g/mol. The summed E-state index contributed by atoms with van der Waals surface area (Å²) >= 11 is 0. The van der Waals surface area contributed by atoms with Crippen LogP contribution in [0, 0.1) is 11.6 Å². The highest BCUT2D eigenvalue weighted by Gasteiger charge is 1.99. The quantitative estimate of drug-likeness (QED) is 0.647. The molecule has 0 unspecified atom stereocenters. The SMILES string of the molecule is Fc1ccc([B]c2ccc(F)cc2)cc1. The molecule has 0 heterocycles. The van der Waals surface area contributed by atoms with Gasteiger partial charge in [0.1, 0.15) is 11.6 Å². The van der Waals surface area contributed by atoms with Crippen LogP contribution in [0.3, 0.4) is 0 Å². The predicted molar refractivity (Wildman–Crippen MR) is 57.8 cm³/mol. The molecule has 0 atom stereocenters. The number of hydrogen-bond donors (Lipinski definition) is 0. The summed E-state index contributed by atoms with van der Waals surface area (Å²) in [6, 6.07) is 12.3. The van der Waals surface area contributed by atoms with Gasteiger partial charge in [0.15, 0.2) is 7.28 Å². The first kappa shape index (κ1) is 9.90. The van der Waals surface area contributed by atoms with Crippen LogP contribution in [0.15, 0.2) is 48.5 Å². The molecule has 0 aliphatic carbocycles. The number of rotatable bonds is 2. The first-order chi connectivity index (χ1) is 7.24. The van der Waals surface area contributed by atoms with Crippen molar-refractivity contribution in [2.24, 2.45) is 0 Å². The predicted octanol–water partition coefficient (Wildman–Crippen LogP) is 1.62. The van der Waals surface area contributed by atoms with Crippen molar-refractivity contribution < 1.29 is 8.78 Å². The largest absolute Gasteiger partial charge is 0.207 e. The third kappa shape index (κ3) is 2.66. The van der Waals surface area contributed by atoms with E-state index < -0.39 is 0 Å². The van der Waals surface area contributed by atoms with Crippen LogP contribution in [-0.2, 0) is 0 Å². The van der Waals surface area contributed by atoms with Crippen LogP contribution in [0.2, 0.25) is 0 Å². The standard InChI is InChI=1S/C12H8BF2/c14-11-5-1-9(2-6-11)13-10-3-7-12(15)8-4-10/h1-8H. The van der Waals surface area contributed by atoms with E-state index >= 15 is 0 Å². The van der Waals surface area contributed by atoms with Crippen molar-refractivity contribution in [3.05, 3.63) is 60.2 Å². The fourth-order valence-electron chi connectivity index (χ4n) is 1.31. The highest BCUT2D eigenvalue weighted by molar-refractivity contribution is 6.67. The maximum Gasteiger partial charge on any atom is 0.191 e. The summed E-state index contributed by atoms with van der Waals surface area (Å²) in [6.07, 6.45) is 0. The Bertz CT molecular complexity index is 391. The van der Waals surface area contributed by atoms with Gasteiger partial charge in [-0.3, -0.25) is 0 Å². The van der Waals surface area contributed by atoms with Crippen LogP contribution in [0.5, 0.6) is 0 Å². The van der Waals surface area contributed by atoms with E-state index in [2.05, 4.69) is 0 Å². The minimum absolute atomic E-state index is 0.258. The molecule has 0 nitrogen and oxygen atoms in total. The zero-order valence-electron chi connectivity index (χ0n) is 7.95. The minimum atomic E-state index is -0.258. The zero-order valence-corrected chi connectivity index (χ0v) is 7.95. The second-order valence-electron chi connectivity index (χ2n) is 3.25. The lowest BCUT2D eigenvalue weighted by atomic mass is 9.64. The van der Waals surface area contributed by atoms with Gasteiger partial charge < -0.3 is 0 Å². The van der Waals surface area contributed by atoms with Crippen LogP contribution in [0.4, 0.5) is 8.78 Å². The van der Waals surface area contributed by atoms with Gasteiger partial charge in [-0.15, -0.1) is 0 Å². The van der Waals surface area contributed by atoms with Gasteiger partial charge in [0.25, 0.3) is 0 Å². The van der Waals surface area contributed by atoms with Crippen LogP contribution in [0.25, 0.3) is 0 Å². The van der Waals surface area contributed by atoms with Gasteiger partial charge in [0.05, 0.1) is 0 Å². The molecule has 2 rings (SSSR count). The summed E-state index contributed by atoms with van der Waals surface area (Å²) in [6.45, 7) is 0. The molecule has 73 valence electrons. The molecular weight excluding hydrogens is 193 g/mol. The summed E-state index contributed by atoms with van der Waals surface area (Å²) in [5.74, 6) is -0.516. The van der Waals surface area contributed by atoms with E-state index in [0.717, 1.165) is 10.9 Å². The molecule has 2 aromatic rings. The topological polar surface area (TPSA) is 0 Å². The zero-order chi connectivity index (χ0) is 10.7. The molecule has 15 heavy (non-hydrogen) atoms. The van der Waals surface area contributed by atoms with E-state index in [1.165, 1.54) is 24.3 Å². The Morgan fingerprint density at radius 3 is 1.27 bits per heavy atom. The third-order valence-corrected chi connectivity index (χ3v) is 2.07. The lowest BCUT2D eigenvalue weighted by Crippen LogP contribution is -2.26. The van der Waals surface area contributed by atoms with E-state index in [-0.39, 0.29) is 11.6 Å². The second-order valence-corrected chi connectivity index (χ2v) is 3.25. The molecule has 0 bridgehead atoms. The molecule has 0 saturated carbocycles. The maximum absolute atomic E-state index is 12.6. The Labute approximate surface area is 87.8 Å².